The number of aliphatic hydroxyl groups is 2. The van der Waals surface area contributed by atoms with Crippen LogP contribution in [0.1, 0.15) is 239 Å². The van der Waals surface area contributed by atoms with Crippen molar-refractivity contribution in [3.8, 4) is 0 Å². The number of hydrogen-bond acceptors (Lipinski definition) is 11. The van der Waals surface area contributed by atoms with Gasteiger partial charge in [0.15, 0.2) is 24.6 Å². The second-order valence-corrected chi connectivity index (χ2v) is 19.5. The molecule has 0 saturated carbocycles. The van der Waals surface area contributed by atoms with E-state index < -0.39 is 67.3 Å². The molecule has 0 aliphatic carbocycles. The molecule has 1 saturated heterocycles. The summed E-state index contributed by atoms with van der Waals surface area (Å²) in [5.74, 6) is -3.18. The maximum atomic E-state index is 13.1. The maximum absolute atomic E-state index is 13.1. The van der Waals surface area contributed by atoms with E-state index in [1.165, 1.54) is 64.2 Å². The number of carbonyl (C=O) groups is 4. The van der Waals surface area contributed by atoms with E-state index in [0.29, 0.717) is 19.3 Å². The first-order valence-corrected chi connectivity index (χ1v) is 28.9. The minimum Gasteiger partial charge on any atom is -0.479 e. The van der Waals surface area contributed by atoms with Crippen molar-refractivity contribution >= 4 is 23.9 Å². The van der Waals surface area contributed by atoms with Gasteiger partial charge in [-0.3, -0.25) is 14.4 Å². The second-order valence-electron chi connectivity index (χ2n) is 19.5. The number of allylic oxidation sites excluding steroid dienone is 12. The van der Waals surface area contributed by atoms with Gasteiger partial charge in [0, 0.05) is 19.3 Å². The third kappa shape index (κ3) is 39.3. The molecule has 0 aromatic heterocycles. The van der Waals surface area contributed by atoms with E-state index in [1.807, 2.05) is 0 Å². The number of hydrogen-bond donors (Lipinski definition) is 3. The molecule has 6 unspecified atom stereocenters. The molecule has 0 aromatic rings. The van der Waals surface area contributed by atoms with Crippen LogP contribution < -0.4 is 0 Å². The minimum atomic E-state index is -1.91. The van der Waals surface area contributed by atoms with Crippen molar-refractivity contribution in [2.75, 3.05) is 13.2 Å². The standard InChI is InChI=1S/C61H102O12/c1-4-7-10-13-16-19-22-25-26-27-28-31-32-35-38-41-44-47-53(62)69-50-52(71-54(63)48-45-42-39-36-33-29-23-20-17-14-11-8-5-2)51-70-61-59(57(66)56(65)58(73-61)60(67)68)72-55(64)49-46-43-40-37-34-30-24-21-18-15-12-9-6-3/h8,11,16-17,19-21,24-26,29,33,52,56-59,61,65-66H,4-7,9-10,12-15,18,22-23,27-28,30-32,34-51H2,1-3H3,(H,67,68)/b11-8-,19-16-,20-17-,24-21-,26-25-,33-29-. The highest BCUT2D eigenvalue weighted by Gasteiger charge is 2.50. The number of ether oxygens (including phenoxy) is 5. The number of aliphatic carboxylic acids is 1. The minimum absolute atomic E-state index is 0.0443. The number of carbonyl (C=O) groups excluding carboxylic acids is 3. The predicted octanol–water partition coefficient (Wildman–Crippen LogP) is 14.6. The first-order chi connectivity index (χ1) is 35.6. The molecule has 418 valence electrons. The van der Waals surface area contributed by atoms with Crippen LogP contribution in [0.25, 0.3) is 0 Å². The fraction of sp³-hybridized carbons (Fsp3) is 0.738. The second kappa shape index (κ2) is 49.1. The molecule has 73 heavy (non-hydrogen) atoms. The topological polar surface area (TPSA) is 175 Å². The largest absolute Gasteiger partial charge is 0.479 e. The highest BCUT2D eigenvalue weighted by Crippen LogP contribution is 2.26. The third-order valence-electron chi connectivity index (χ3n) is 12.7. The molecule has 12 heteroatoms. The van der Waals surface area contributed by atoms with Crippen molar-refractivity contribution in [1.29, 1.82) is 0 Å². The zero-order valence-electron chi connectivity index (χ0n) is 45.9. The van der Waals surface area contributed by atoms with Crippen molar-refractivity contribution in [2.24, 2.45) is 0 Å². The van der Waals surface area contributed by atoms with Gasteiger partial charge in [-0.05, 0) is 109 Å². The fourth-order valence-electron chi connectivity index (χ4n) is 8.29. The van der Waals surface area contributed by atoms with Crippen molar-refractivity contribution < 1.29 is 58.2 Å². The van der Waals surface area contributed by atoms with Gasteiger partial charge in [-0.15, -0.1) is 0 Å². The molecule has 12 nitrogen and oxygen atoms in total. The smallest absolute Gasteiger partial charge is 0.335 e. The molecule has 0 spiro atoms. The number of esters is 3. The molecular formula is C61H102O12. The molecule has 6 atom stereocenters. The van der Waals surface area contributed by atoms with Crippen LogP contribution in [0.5, 0.6) is 0 Å². The lowest BCUT2D eigenvalue weighted by atomic mass is 9.98. The SMILES string of the molecule is CC/C=C\C/C=C\C/C=C\CCCCCC(=O)OC(COC(=O)CCCCCCCCC/C=C\C/C=C\CCCCC)COC1OC(C(=O)O)C(O)C(O)C1OC(=O)CCCCCCC/C=C\CCCCCC. The summed E-state index contributed by atoms with van der Waals surface area (Å²) < 4.78 is 28.3. The number of unbranched alkanes of at least 4 members (excludes halogenated alkanes) is 22. The molecule has 1 heterocycles. The Kier molecular flexibility index (Phi) is 45.1. The average molecular weight is 1030 g/mol. The Labute approximate surface area is 442 Å². The van der Waals surface area contributed by atoms with Gasteiger partial charge in [0.2, 0.25) is 0 Å². The van der Waals surface area contributed by atoms with Crippen molar-refractivity contribution in [3.63, 3.8) is 0 Å². The van der Waals surface area contributed by atoms with Crippen LogP contribution in [0.15, 0.2) is 72.9 Å². The molecule has 0 bridgehead atoms. The number of carboxylic acids is 1. The summed E-state index contributed by atoms with van der Waals surface area (Å²) in [5.41, 5.74) is 0. The Balaban J connectivity index is 2.72. The Morgan fingerprint density at radius 2 is 0.863 bits per heavy atom. The maximum Gasteiger partial charge on any atom is 0.335 e. The lowest BCUT2D eigenvalue weighted by Crippen LogP contribution is -2.61. The highest BCUT2D eigenvalue weighted by molar-refractivity contribution is 5.74. The Morgan fingerprint density at radius 3 is 1.37 bits per heavy atom. The average Bonchev–Trinajstić information content (AvgIpc) is 3.37. The molecule has 3 N–H and O–H groups in total. The van der Waals surface area contributed by atoms with Gasteiger partial charge < -0.3 is 39.0 Å². The lowest BCUT2D eigenvalue weighted by Gasteiger charge is -2.40. The zero-order valence-corrected chi connectivity index (χ0v) is 45.9. The van der Waals surface area contributed by atoms with Crippen LogP contribution >= 0.6 is 0 Å². The first kappa shape index (κ1) is 67.2. The summed E-state index contributed by atoms with van der Waals surface area (Å²) in [6, 6.07) is 0. The summed E-state index contributed by atoms with van der Waals surface area (Å²) >= 11 is 0. The van der Waals surface area contributed by atoms with Crippen molar-refractivity contribution in [2.45, 2.75) is 276 Å². The van der Waals surface area contributed by atoms with Crippen LogP contribution in [0.3, 0.4) is 0 Å². The molecule has 1 aliphatic heterocycles. The van der Waals surface area contributed by atoms with E-state index >= 15 is 0 Å². The molecule has 0 radical (unpaired) electrons. The molecule has 1 rings (SSSR count). The van der Waals surface area contributed by atoms with Gasteiger partial charge in [0.1, 0.15) is 18.8 Å². The van der Waals surface area contributed by atoms with E-state index in [1.54, 1.807) is 0 Å². The number of aliphatic hydroxyl groups excluding tert-OH is 2. The summed E-state index contributed by atoms with van der Waals surface area (Å²) in [7, 11) is 0. The normalized spacial score (nSPS) is 18.8. The number of rotatable bonds is 48. The summed E-state index contributed by atoms with van der Waals surface area (Å²) in [6.07, 6.45) is 48.8. The summed E-state index contributed by atoms with van der Waals surface area (Å²) in [5, 5.41) is 31.4. The third-order valence-corrected chi connectivity index (χ3v) is 12.7. The Bertz CT molecular complexity index is 1550. The van der Waals surface area contributed by atoms with Gasteiger partial charge in [-0.25, -0.2) is 4.79 Å². The molecule has 1 fully saturated rings. The van der Waals surface area contributed by atoms with Gasteiger partial charge in [-0.2, -0.15) is 0 Å². The monoisotopic (exact) mass is 1030 g/mol. The van der Waals surface area contributed by atoms with Crippen molar-refractivity contribution in [1.82, 2.24) is 0 Å². The lowest BCUT2D eigenvalue weighted by molar-refractivity contribution is -0.301. The van der Waals surface area contributed by atoms with E-state index in [-0.39, 0.29) is 25.9 Å². The quantitative estimate of drug-likeness (QED) is 0.0228. The van der Waals surface area contributed by atoms with Crippen LogP contribution in [-0.2, 0) is 42.9 Å². The van der Waals surface area contributed by atoms with Gasteiger partial charge in [0.25, 0.3) is 0 Å². The van der Waals surface area contributed by atoms with Crippen LogP contribution in [0.4, 0.5) is 0 Å². The van der Waals surface area contributed by atoms with E-state index in [0.717, 1.165) is 116 Å². The van der Waals surface area contributed by atoms with Gasteiger partial charge in [-0.1, -0.05) is 184 Å². The van der Waals surface area contributed by atoms with E-state index in [9.17, 15) is 34.5 Å². The van der Waals surface area contributed by atoms with Crippen molar-refractivity contribution in [3.05, 3.63) is 72.9 Å². The zero-order chi connectivity index (χ0) is 53.3. The highest BCUT2D eigenvalue weighted by atomic mass is 16.7. The fourth-order valence-corrected chi connectivity index (χ4v) is 8.29. The Morgan fingerprint density at radius 1 is 0.466 bits per heavy atom. The molecule has 0 aromatic carbocycles. The van der Waals surface area contributed by atoms with E-state index in [4.69, 9.17) is 23.7 Å². The van der Waals surface area contributed by atoms with Gasteiger partial charge >= 0.3 is 23.9 Å². The Hall–Kier alpha value is -3.84. The summed E-state index contributed by atoms with van der Waals surface area (Å²) in [6.45, 7) is 5.79. The number of carboxylic acid groups (broad SMARTS) is 1. The van der Waals surface area contributed by atoms with Crippen LogP contribution in [0.2, 0.25) is 0 Å². The molecular weight excluding hydrogens is 925 g/mol. The molecule has 0 amide bonds. The van der Waals surface area contributed by atoms with Crippen LogP contribution in [0, 0.1) is 0 Å². The van der Waals surface area contributed by atoms with Gasteiger partial charge in [0.05, 0.1) is 6.61 Å². The van der Waals surface area contributed by atoms with Crippen LogP contribution in [-0.4, -0.2) is 89.2 Å². The predicted molar refractivity (Wildman–Crippen MR) is 294 cm³/mol. The summed E-state index contributed by atoms with van der Waals surface area (Å²) in [4.78, 5) is 51.0. The first-order valence-electron chi connectivity index (χ1n) is 28.9. The molecule has 1 aliphatic rings. The van der Waals surface area contributed by atoms with E-state index in [2.05, 4.69) is 93.7 Å².